The third-order valence-electron chi connectivity index (χ3n) is 2.74. The molecule has 7 nitrogen and oxygen atoms in total. The summed E-state index contributed by atoms with van der Waals surface area (Å²) in [7, 11) is 0. The summed E-state index contributed by atoms with van der Waals surface area (Å²) in [6.07, 6.45) is 1.52. The molecule has 0 atom stereocenters. The van der Waals surface area contributed by atoms with Crippen molar-refractivity contribution in [3.8, 4) is 5.75 Å². The number of nitrogens with zero attached hydrogens (tertiary/aromatic N) is 2. The lowest BCUT2D eigenvalue weighted by Crippen LogP contribution is -2.30. The second kappa shape index (κ2) is 8.08. The first-order valence-corrected chi connectivity index (χ1v) is 6.87. The van der Waals surface area contributed by atoms with E-state index in [1.807, 2.05) is 13.8 Å². The summed E-state index contributed by atoms with van der Waals surface area (Å²) in [5.74, 6) is -0.599. The van der Waals surface area contributed by atoms with Gasteiger partial charge in [-0.2, -0.15) is 0 Å². The normalized spacial score (nSPS) is 10.2. The fourth-order valence-corrected chi connectivity index (χ4v) is 1.89. The van der Waals surface area contributed by atoms with Gasteiger partial charge in [-0.15, -0.1) is 0 Å². The van der Waals surface area contributed by atoms with Crippen LogP contribution in [0.2, 0.25) is 0 Å². The van der Waals surface area contributed by atoms with Gasteiger partial charge in [0.15, 0.2) is 0 Å². The Kier molecular flexibility index (Phi) is 6.45. The highest BCUT2D eigenvalue weighted by molar-refractivity contribution is 5.74. The van der Waals surface area contributed by atoms with E-state index < -0.39 is 10.9 Å². The minimum Gasteiger partial charge on any atom is -0.493 e. The molecule has 0 amide bonds. The molecule has 0 unspecified atom stereocenters. The Morgan fingerprint density at radius 1 is 1.33 bits per heavy atom. The number of anilines is 1. The maximum absolute atomic E-state index is 11.0. The Morgan fingerprint density at radius 2 is 2.05 bits per heavy atom. The summed E-state index contributed by atoms with van der Waals surface area (Å²) in [5.41, 5.74) is 0.379. The van der Waals surface area contributed by atoms with E-state index in [4.69, 9.17) is 9.84 Å². The van der Waals surface area contributed by atoms with Crippen molar-refractivity contribution >= 4 is 17.3 Å². The fraction of sp³-hybridized carbons (Fsp3) is 0.500. The molecule has 0 saturated heterocycles. The van der Waals surface area contributed by atoms with Crippen molar-refractivity contribution in [2.45, 2.75) is 26.7 Å². The van der Waals surface area contributed by atoms with Crippen molar-refractivity contribution in [3.05, 3.63) is 28.3 Å². The second-order valence-electron chi connectivity index (χ2n) is 4.61. The Morgan fingerprint density at radius 3 is 2.57 bits per heavy atom. The first kappa shape index (κ1) is 16.7. The molecule has 0 heterocycles. The van der Waals surface area contributed by atoms with Gasteiger partial charge in [-0.1, -0.05) is 13.8 Å². The van der Waals surface area contributed by atoms with E-state index in [0.29, 0.717) is 24.6 Å². The van der Waals surface area contributed by atoms with Crippen LogP contribution >= 0.6 is 0 Å². The summed E-state index contributed by atoms with van der Waals surface area (Å²) in [6, 6.07) is 4.36. The van der Waals surface area contributed by atoms with Crippen molar-refractivity contribution in [2.24, 2.45) is 0 Å². The number of ether oxygens (including phenoxy) is 1. The predicted octanol–water partition coefficient (Wildman–Crippen LogP) is 2.68. The number of rotatable bonds is 9. The minimum atomic E-state index is -0.981. The van der Waals surface area contributed by atoms with Crippen LogP contribution in [0.5, 0.6) is 5.75 Å². The van der Waals surface area contributed by atoms with Crippen molar-refractivity contribution in [1.29, 1.82) is 0 Å². The number of carbonyl (C=O) groups is 1. The summed E-state index contributed by atoms with van der Waals surface area (Å²) in [6.45, 7) is 4.60. The number of non-ortho nitro benzene ring substituents is 1. The number of carboxylic acid groups (broad SMARTS) is 1. The highest BCUT2D eigenvalue weighted by atomic mass is 16.6. The Bertz CT molecular complexity index is 504. The van der Waals surface area contributed by atoms with Crippen LogP contribution in [-0.4, -0.2) is 35.7 Å². The molecule has 21 heavy (non-hydrogen) atoms. The molecule has 0 aromatic heterocycles. The molecule has 0 saturated carbocycles. The highest BCUT2D eigenvalue weighted by Crippen LogP contribution is 2.28. The lowest BCUT2D eigenvalue weighted by Gasteiger charge is -2.22. The molecule has 1 aromatic carbocycles. The van der Waals surface area contributed by atoms with Crippen LogP contribution in [-0.2, 0) is 4.79 Å². The van der Waals surface area contributed by atoms with E-state index in [9.17, 15) is 14.9 Å². The van der Waals surface area contributed by atoms with Gasteiger partial charge in [0.05, 0.1) is 17.6 Å². The summed E-state index contributed by atoms with van der Waals surface area (Å²) in [5, 5.41) is 20.0. The molecule has 0 radical (unpaired) electrons. The van der Waals surface area contributed by atoms with E-state index in [-0.39, 0.29) is 12.2 Å². The average molecular weight is 296 g/mol. The molecule has 0 bridgehead atoms. The lowest BCUT2D eigenvalue weighted by molar-refractivity contribution is -0.384. The maximum atomic E-state index is 11.0. The molecule has 1 N–H and O–H groups in total. The van der Waals surface area contributed by atoms with Crippen LogP contribution in [0.4, 0.5) is 11.4 Å². The lowest BCUT2D eigenvalue weighted by atomic mass is 10.2. The monoisotopic (exact) mass is 296 g/mol. The molecule has 1 aromatic rings. The third-order valence-corrected chi connectivity index (χ3v) is 2.74. The largest absolute Gasteiger partial charge is 0.493 e. The predicted molar refractivity (Wildman–Crippen MR) is 79.0 cm³/mol. The number of aliphatic carboxylic acids is 1. The number of nitro benzene ring substituents is 1. The van der Waals surface area contributed by atoms with Gasteiger partial charge < -0.3 is 14.7 Å². The molecule has 116 valence electrons. The van der Waals surface area contributed by atoms with E-state index >= 15 is 0 Å². The van der Waals surface area contributed by atoms with Gasteiger partial charge in [0, 0.05) is 24.4 Å². The Labute approximate surface area is 123 Å². The van der Waals surface area contributed by atoms with Crippen molar-refractivity contribution in [3.63, 3.8) is 0 Å². The number of hydrogen-bond donors (Lipinski definition) is 1. The topological polar surface area (TPSA) is 92.9 Å². The zero-order valence-electron chi connectivity index (χ0n) is 12.2. The molecule has 1 rings (SSSR count). The zero-order chi connectivity index (χ0) is 15.8. The van der Waals surface area contributed by atoms with Crippen LogP contribution in [0.1, 0.15) is 26.7 Å². The van der Waals surface area contributed by atoms with Crippen molar-refractivity contribution in [1.82, 2.24) is 0 Å². The quantitative estimate of drug-likeness (QED) is 0.556. The molecule has 7 heteroatoms. The van der Waals surface area contributed by atoms with Crippen molar-refractivity contribution < 1.29 is 19.6 Å². The molecule has 0 aliphatic heterocycles. The number of carboxylic acids is 1. The van der Waals surface area contributed by atoms with Crippen LogP contribution < -0.4 is 9.64 Å². The summed E-state index contributed by atoms with van der Waals surface area (Å²) < 4.78 is 5.44. The minimum absolute atomic E-state index is 0.106. The standard InChI is InChI=1S/C14H20N2O5/c1-3-5-15(10-14(17)18)11-7-12(16(19)20)9-13(8-11)21-6-4-2/h7-9H,3-6,10H2,1-2H3,(H,17,18). The molecular weight excluding hydrogens is 276 g/mol. The van der Waals surface area contributed by atoms with Crippen LogP contribution in [0.15, 0.2) is 18.2 Å². The number of hydrogen-bond acceptors (Lipinski definition) is 5. The van der Waals surface area contributed by atoms with Gasteiger partial charge in [0.1, 0.15) is 12.3 Å². The molecule has 0 aliphatic carbocycles. The number of nitro groups is 1. The Balaban J connectivity index is 3.13. The first-order chi connectivity index (χ1) is 9.97. The molecule has 0 fully saturated rings. The fourth-order valence-electron chi connectivity index (χ4n) is 1.89. The van der Waals surface area contributed by atoms with Gasteiger partial charge in [0.25, 0.3) is 5.69 Å². The van der Waals surface area contributed by atoms with E-state index in [0.717, 1.165) is 12.8 Å². The second-order valence-corrected chi connectivity index (χ2v) is 4.61. The Hall–Kier alpha value is -2.31. The number of benzene rings is 1. The molecule has 0 aliphatic rings. The van der Waals surface area contributed by atoms with E-state index in [2.05, 4.69) is 0 Å². The maximum Gasteiger partial charge on any atom is 0.323 e. The molecular formula is C14H20N2O5. The van der Waals surface area contributed by atoms with Gasteiger partial charge in [0.2, 0.25) is 0 Å². The van der Waals surface area contributed by atoms with Crippen LogP contribution in [0, 0.1) is 10.1 Å². The van der Waals surface area contributed by atoms with E-state index in [1.165, 1.54) is 12.1 Å². The van der Waals surface area contributed by atoms with Crippen LogP contribution in [0.3, 0.4) is 0 Å². The average Bonchev–Trinajstić information content (AvgIpc) is 2.43. The van der Waals surface area contributed by atoms with Gasteiger partial charge in [-0.05, 0) is 12.8 Å². The summed E-state index contributed by atoms with van der Waals surface area (Å²) in [4.78, 5) is 23.0. The molecule has 0 spiro atoms. The van der Waals surface area contributed by atoms with E-state index in [1.54, 1.807) is 11.0 Å². The van der Waals surface area contributed by atoms with Gasteiger partial charge in [-0.25, -0.2) is 0 Å². The smallest absolute Gasteiger partial charge is 0.323 e. The van der Waals surface area contributed by atoms with Gasteiger partial charge >= 0.3 is 5.97 Å². The van der Waals surface area contributed by atoms with Crippen LogP contribution in [0.25, 0.3) is 0 Å². The SMILES string of the molecule is CCCOc1cc(N(CCC)CC(=O)O)cc([N+](=O)[O-])c1. The van der Waals surface area contributed by atoms with Crippen molar-refractivity contribution in [2.75, 3.05) is 24.6 Å². The third kappa shape index (κ3) is 5.29. The van der Waals surface area contributed by atoms with Gasteiger partial charge in [-0.3, -0.25) is 14.9 Å². The zero-order valence-corrected chi connectivity index (χ0v) is 12.2. The first-order valence-electron chi connectivity index (χ1n) is 6.87. The summed E-state index contributed by atoms with van der Waals surface area (Å²) >= 11 is 0. The highest BCUT2D eigenvalue weighted by Gasteiger charge is 2.16.